The van der Waals surface area contributed by atoms with Crippen LogP contribution in [0.1, 0.15) is 42.2 Å². The molecule has 1 aromatic rings. The minimum absolute atomic E-state index is 0.174. The molecule has 1 aliphatic heterocycles. The summed E-state index contributed by atoms with van der Waals surface area (Å²) in [6.07, 6.45) is 2.75. The zero-order chi connectivity index (χ0) is 13.1. The van der Waals surface area contributed by atoms with Gasteiger partial charge in [-0.05, 0) is 26.2 Å². The number of rotatable bonds is 1. The van der Waals surface area contributed by atoms with Crippen molar-refractivity contribution < 1.29 is 4.74 Å². The Balaban J connectivity index is 2.66. The summed E-state index contributed by atoms with van der Waals surface area (Å²) in [5.41, 5.74) is 2.24. The molecule has 5 heteroatoms. The number of ether oxygens (including phenoxy) is 1. The zero-order valence-electron chi connectivity index (χ0n) is 10.1. The number of aromatic nitrogens is 1. The highest BCUT2D eigenvalue weighted by Crippen LogP contribution is 2.38. The second kappa shape index (κ2) is 5.30. The number of nitrogens with one attached hydrogen (secondary N) is 1. The molecular formula is C13H13N3OS. The van der Waals surface area contributed by atoms with Gasteiger partial charge in [0.15, 0.2) is 0 Å². The van der Waals surface area contributed by atoms with Crippen LogP contribution < -0.4 is 0 Å². The molecule has 1 N–H and O–H groups in total. The molecule has 1 atom stereocenters. The first-order chi connectivity index (χ1) is 8.69. The van der Waals surface area contributed by atoms with Crippen LogP contribution >= 0.6 is 12.2 Å². The van der Waals surface area contributed by atoms with Crippen LogP contribution in [0.25, 0.3) is 4.85 Å². The molecule has 1 unspecified atom stereocenters. The molecule has 0 amide bonds. The largest absolute Gasteiger partial charge is 0.375 e. The molecule has 2 rings (SSSR count). The average Bonchev–Trinajstić information content (AvgIpc) is 2.39. The lowest BCUT2D eigenvalue weighted by Crippen LogP contribution is -2.14. The monoisotopic (exact) mass is 259 g/mol. The van der Waals surface area contributed by atoms with Crippen LogP contribution in [0.4, 0.5) is 5.69 Å². The molecule has 2 heterocycles. The van der Waals surface area contributed by atoms with Gasteiger partial charge in [0.2, 0.25) is 5.69 Å². The second-order valence-corrected chi connectivity index (χ2v) is 4.70. The molecular weight excluding hydrogens is 246 g/mol. The molecule has 1 saturated heterocycles. The molecule has 1 fully saturated rings. The molecule has 92 valence electrons. The van der Waals surface area contributed by atoms with E-state index >= 15 is 0 Å². The van der Waals surface area contributed by atoms with E-state index in [-0.39, 0.29) is 6.10 Å². The topological polar surface area (TPSA) is 53.2 Å². The van der Waals surface area contributed by atoms with Crippen LogP contribution in [0, 0.1) is 29.5 Å². The van der Waals surface area contributed by atoms with Crippen molar-refractivity contribution in [3.05, 3.63) is 32.9 Å². The summed E-state index contributed by atoms with van der Waals surface area (Å²) >= 11 is 5.17. The van der Waals surface area contributed by atoms with Gasteiger partial charge < -0.3 is 9.72 Å². The Kier molecular flexibility index (Phi) is 3.76. The number of nitrogens with zero attached hydrogens (tertiary/aromatic N) is 2. The zero-order valence-corrected chi connectivity index (χ0v) is 10.9. The summed E-state index contributed by atoms with van der Waals surface area (Å²) in [4.78, 5) is 6.45. The molecule has 0 aliphatic carbocycles. The maximum absolute atomic E-state index is 9.25. The van der Waals surface area contributed by atoms with Crippen LogP contribution in [0.3, 0.4) is 0 Å². The maximum Gasteiger partial charge on any atom is 0.212 e. The van der Waals surface area contributed by atoms with Crippen molar-refractivity contribution in [2.24, 2.45) is 0 Å². The standard InChI is InChI=1S/C13H13N3OS/c1-8-12(15-2)11(9(7-14)13(18)16-8)10-5-3-4-6-17-10/h10H,3-6H2,1H3,(H,16,18). The van der Waals surface area contributed by atoms with Crippen LogP contribution in [-0.4, -0.2) is 11.6 Å². The Bertz CT molecular complexity index is 600. The first-order valence-electron chi connectivity index (χ1n) is 5.85. The lowest BCUT2D eigenvalue weighted by atomic mass is 9.96. The fraction of sp³-hybridized carbons (Fsp3) is 0.462. The summed E-state index contributed by atoms with van der Waals surface area (Å²) in [7, 11) is 0. The van der Waals surface area contributed by atoms with Gasteiger partial charge in [0.1, 0.15) is 10.7 Å². The molecule has 0 spiro atoms. The van der Waals surface area contributed by atoms with E-state index in [1.54, 1.807) is 6.92 Å². The summed E-state index contributed by atoms with van der Waals surface area (Å²) < 4.78 is 6.10. The fourth-order valence-electron chi connectivity index (χ4n) is 2.27. The molecule has 4 nitrogen and oxygen atoms in total. The summed E-state index contributed by atoms with van der Waals surface area (Å²) in [5.74, 6) is 0. The summed E-state index contributed by atoms with van der Waals surface area (Å²) in [6, 6.07) is 2.10. The number of nitriles is 1. The number of aryl methyl sites for hydroxylation is 1. The van der Waals surface area contributed by atoms with E-state index in [1.807, 2.05) is 0 Å². The van der Waals surface area contributed by atoms with Crippen molar-refractivity contribution in [2.45, 2.75) is 32.3 Å². The first kappa shape index (κ1) is 12.8. The summed E-state index contributed by atoms with van der Waals surface area (Å²) in [5, 5.41) is 9.25. The Morgan fingerprint density at radius 1 is 1.56 bits per heavy atom. The minimum Gasteiger partial charge on any atom is -0.375 e. The minimum atomic E-state index is -0.174. The number of hydrogen-bond donors (Lipinski definition) is 1. The van der Waals surface area contributed by atoms with E-state index in [9.17, 15) is 5.26 Å². The van der Waals surface area contributed by atoms with Crippen molar-refractivity contribution in [3.8, 4) is 6.07 Å². The molecule has 18 heavy (non-hydrogen) atoms. The Hall–Kier alpha value is -1.69. The highest BCUT2D eigenvalue weighted by Gasteiger charge is 2.25. The molecule has 0 radical (unpaired) electrons. The van der Waals surface area contributed by atoms with Crippen molar-refractivity contribution in [1.29, 1.82) is 5.26 Å². The normalized spacial score (nSPS) is 18.9. The Labute approximate surface area is 111 Å². The van der Waals surface area contributed by atoms with Crippen LogP contribution in [0.2, 0.25) is 0 Å². The molecule has 0 aromatic carbocycles. The van der Waals surface area contributed by atoms with Gasteiger partial charge in [0.05, 0.1) is 18.2 Å². The van der Waals surface area contributed by atoms with Crippen molar-refractivity contribution >= 4 is 17.9 Å². The van der Waals surface area contributed by atoms with E-state index in [4.69, 9.17) is 23.5 Å². The average molecular weight is 259 g/mol. The fourth-order valence-corrected chi connectivity index (χ4v) is 2.58. The third-order valence-electron chi connectivity index (χ3n) is 3.13. The number of H-pyrrole nitrogens is 1. The molecule has 1 aliphatic rings. The number of pyridine rings is 1. The van der Waals surface area contributed by atoms with Gasteiger partial charge in [-0.1, -0.05) is 12.2 Å². The maximum atomic E-state index is 9.25. The number of hydrogen-bond acceptors (Lipinski definition) is 3. The van der Waals surface area contributed by atoms with E-state index in [0.717, 1.165) is 19.3 Å². The highest BCUT2D eigenvalue weighted by atomic mass is 32.1. The van der Waals surface area contributed by atoms with E-state index in [2.05, 4.69) is 15.9 Å². The quantitative estimate of drug-likeness (QED) is 0.617. The molecule has 1 aromatic heterocycles. The smallest absolute Gasteiger partial charge is 0.212 e. The van der Waals surface area contributed by atoms with Gasteiger partial charge in [0, 0.05) is 17.9 Å². The van der Waals surface area contributed by atoms with Crippen LogP contribution in [0.5, 0.6) is 0 Å². The van der Waals surface area contributed by atoms with Crippen molar-refractivity contribution in [2.75, 3.05) is 6.61 Å². The van der Waals surface area contributed by atoms with Crippen LogP contribution in [0.15, 0.2) is 0 Å². The van der Waals surface area contributed by atoms with E-state index in [0.29, 0.717) is 33.8 Å². The molecule has 0 saturated carbocycles. The highest BCUT2D eigenvalue weighted by molar-refractivity contribution is 7.71. The van der Waals surface area contributed by atoms with Gasteiger partial charge in [0.25, 0.3) is 0 Å². The van der Waals surface area contributed by atoms with E-state index < -0.39 is 0 Å². The van der Waals surface area contributed by atoms with Gasteiger partial charge in [-0.15, -0.1) is 0 Å². The van der Waals surface area contributed by atoms with Gasteiger partial charge in [-0.3, -0.25) is 0 Å². The van der Waals surface area contributed by atoms with Crippen molar-refractivity contribution in [1.82, 2.24) is 4.98 Å². The van der Waals surface area contributed by atoms with Gasteiger partial charge >= 0.3 is 0 Å². The van der Waals surface area contributed by atoms with Gasteiger partial charge in [-0.25, -0.2) is 4.85 Å². The third-order valence-corrected chi connectivity index (χ3v) is 3.44. The van der Waals surface area contributed by atoms with Gasteiger partial charge in [-0.2, -0.15) is 5.26 Å². The molecule has 0 bridgehead atoms. The summed E-state index contributed by atoms with van der Waals surface area (Å²) in [6.45, 7) is 9.77. The predicted molar refractivity (Wildman–Crippen MR) is 69.9 cm³/mol. The first-order valence-corrected chi connectivity index (χ1v) is 6.25. The Morgan fingerprint density at radius 2 is 2.33 bits per heavy atom. The Morgan fingerprint density at radius 3 is 2.89 bits per heavy atom. The lowest BCUT2D eigenvalue weighted by Gasteiger charge is -2.25. The van der Waals surface area contributed by atoms with E-state index in [1.165, 1.54) is 0 Å². The van der Waals surface area contributed by atoms with Crippen LogP contribution in [-0.2, 0) is 4.74 Å². The predicted octanol–water partition coefficient (Wildman–Crippen LogP) is 3.72. The lowest BCUT2D eigenvalue weighted by molar-refractivity contribution is 0.0152. The third kappa shape index (κ3) is 2.15. The van der Waals surface area contributed by atoms with Crippen molar-refractivity contribution in [3.63, 3.8) is 0 Å². The number of aromatic amines is 1. The second-order valence-electron chi connectivity index (χ2n) is 4.30. The SMILES string of the molecule is [C-]#[N+]c1c(C)[nH]c(=S)c(C#N)c1C1CCCCO1.